The normalized spacial score (nSPS) is 21.3. The van der Waals surface area contributed by atoms with Gasteiger partial charge in [-0.2, -0.15) is 0 Å². The van der Waals surface area contributed by atoms with Crippen molar-refractivity contribution in [2.24, 2.45) is 0 Å². The van der Waals surface area contributed by atoms with Gasteiger partial charge in [-0.1, -0.05) is 41.1 Å². The van der Waals surface area contributed by atoms with E-state index in [4.69, 9.17) is 0 Å². The third kappa shape index (κ3) is 3.71. The first-order chi connectivity index (χ1) is 10.0. The lowest BCUT2D eigenvalue weighted by Crippen LogP contribution is -2.49. The van der Waals surface area contributed by atoms with E-state index >= 15 is 0 Å². The van der Waals surface area contributed by atoms with Crippen molar-refractivity contribution >= 4 is 39.7 Å². The number of carbonyl (C=O) groups excluding carboxylic acids is 1. The van der Waals surface area contributed by atoms with Crippen LogP contribution in [-0.4, -0.2) is 39.2 Å². The summed E-state index contributed by atoms with van der Waals surface area (Å²) in [6, 6.07) is 6.54. The standard InChI is InChI=1S/C14H17BrN2O3S/c1-2-12-17(11(8-21-12)13(18)19)14(20)16-7-9-5-3-4-6-10(9)15/h3-6,11-12H,2,7-8H2,1H3,(H,16,20)(H,18,19). The van der Waals surface area contributed by atoms with Crippen molar-refractivity contribution in [3.63, 3.8) is 0 Å². The van der Waals surface area contributed by atoms with Crippen LogP contribution in [0.2, 0.25) is 0 Å². The Morgan fingerprint density at radius 3 is 2.81 bits per heavy atom. The van der Waals surface area contributed by atoms with E-state index in [-0.39, 0.29) is 11.4 Å². The molecule has 2 N–H and O–H groups in total. The molecule has 21 heavy (non-hydrogen) atoms. The molecule has 0 bridgehead atoms. The first-order valence-corrected chi connectivity index (χ1v) is 8.52. The Morgan fingerprint density at radius 2 is 2.19 bits per heavy atom. The molecule has 0 spiro atoms. The Hall–Kier alpha value is -1.21. The van der Waals surface area contributed by atoms with E-state index in [2.05, 4.69) is 21.2 Å². The molecule has 1 aliphatic rings. The summed E-state index contributed by atoms with van der Waals surface area (Å²) in [5.74, 6) is -0.509. The number of rotatable bonds is 4. The van der Waals surface area contributed by atoms with Crippen LogP contribution in [0.15, 0.2) is 28.7 Å². The highest BCUT2D eigenvalue weighted by Crippen LogP contribution is 2.31. The zero-order chi connectivity index (χ0) is 15.4. The Kier molecular flexibility index (Phi) is 5.52. The number of halogens is 1. The maximum Gasteiger partial charge on any atom is 0.327 e. The van der Waals surface area contributed by atoms with Crippen LogP contribution in [0, 0.1) is 0 Å². The summed E-state index contributed by atoms with van der Waals surface area (Å²) in [6.07, 6.45) is 0.733. The number of hydrogen-bond donors (Lipinski definition) is 2. The second kappa shape index (κ2) is 7.17. The average Bonchev–Trinajstić information content (AvgIpc) is 2.90. The highest BCUT2D eigenvalue weighted by molar-refractivity contribution is 9.10. The van der Waals surface area contributed by atoms with Crippen LogP contribution in [0.3, 0.4) is 0 Å². The fourth-order valence-corrected chi connectivity index (χ4v) is 4.02. The number of carboxylic acids is 1. The van der Waals surface area contributed by atoms with Gasteiger partial charge in [-0.3, -0.25) is 4.90 Å². The second-order valence-corrected chi connectivity index (χ2v) is 6.77. The summed E-state index contributed by atoms with van der Waals surface area (Å²) in [7, 11) is 0. The number of urea groups is 1. The fraction of sp³-hybridized carbons (Fsp3) is 0.429. The minimum absolute atomic E-state index is 0.0784. The molecule has 0 aromatic heterocycles. The van der Waals surface area contributed by atoms with Crippen molar-refractivity contribution in [1.82, 2.24) is 10.2 Å². The average molecular weight is 373 g/mol. The van der Waals surface area contributed by atoms with Crippen LogP contribution in [-0.2, 0) is 11.3 Å². The van der Waals surface area contributed by atoms with E-state index in [0.29, 0.717) is 12.3 Å². The van der Waals surface area contributed by atoms with E-state index in [9.17, 15) is 14.7 Å². The van der Waals surface area contributed by atoms with Gasteiger partial charge in [0, 0.05) is 16.8 Å². The number of carboxylic acid groups (broad SMARTS) is 1. The number of carbonyl (C=O) groups is 2. The van der Waals surface area contributed by atoms with Gasteiger partial charge in [0.25, 0.3) is 0 Å². The van der Waals surface area contributed by atoms with Gasteiger partial charge in [-0.05, 0) is 18.1 Å². The molecule has 0 radical (unpaired) electrons. The molecule has 2 amide bonds. The van der Waals surface area contributed by atoms with Crippen LogP contribution in [0.4, 0.5) is 4.79 Å². The van der Waals surface area contributed by atoms with Gasteiger partial charge in [-0.15, -0.1) is 11.8 Å². The van der Waals surface area contributed by atoms with Crippen molar-refractivity contribution in [2.75, 3.05) is 5.75 Å². The third-order valence-corrected chi connectivity index (χ3v) is 5.58. The lowest BCUT2D eigenvalue weighted by atomic mass is 10.2. The number of nitrogens with zero attached hydrogens (tertiary/aromatic N) is 1. The molecule has 114 valence electrons. The van der Waals surface area contributed by atoms with Crippen LogP contribution in [0.5, 0.6) is 0 Å². The smallest absolute Gasteiger partial charge is 0.327 e. The molecule has 1 aromatic rings. The summed E-state index contributed by atoms with van der Waals surface area (Å²) in [5.41, 5.74) is 0.956. The van der Waals surface area contributed by atoms with Gasteiger partial charge in [0.05, 0.1) is 5.37 Å². The molecule has 1 heterocycles. The maximum atomic E-state index is 12.3. The molecular weight excluding hydrogens is 356 g/mol. The lowest BCUT2D eigenvalue weighted by molar-refractivity contribution is -0.141. The van der Waals surface area contributed by atoms with E-state index in [1.54, 1.807) is 0 Å². The number of nitrogens with one attached hydrogen (secondary N) is 1. The monoisotopic (exact) mass is 372 g/mol. The molecule has 2 unspecified atom stereocenters. The number of hydrogen-bond acceptors (Lipinski definition) is 3. The highest BCUT2D eigenvalue weighted by atomic mass is 79.9. The van der Waals surface area contributed by atoms with Crippen LogP contribution in [0.1, 0.15) is 18.9 Å². The Morgan fingerprint density at radius 1 is 1.48 bits per heavy atom. The zero-order valence-corrected chi connectivity index (χ0v) is 14.0. The Balaban J connectivity index is 2.04. The number of amides is 2. The number of benzene rings is 1. The molecule has 2 rings (SSSR count). The van der Waals surface area contributed by atoms with Crippen LogP contribution < -0.4 is 5.32 Å². The molecule has 0 saturated carbocycles. The molecular formula is C14H17BrN2O3S. The first-order valence-electron chi connectivity index (χ1n) is 6.68. The molecule has 1 saturated heterocycles. The van der Waals surface area contributed by atoms with Gasteiger partial charge < -0.3 is 10.4 Å². The Bertz CT molecular complexity index is 541. The number of thioether (sulfide) groups is 1. The number of aliphatic carboxylic acids is 1. The van der Waals surface area contributed by atoms with Gasteiger partial charge >= 0.3 is 12.0 Å². The summed E-state index contributed by atoms with van der Waals surface area (Å²) in [6.45, 7) is 2.32. The Labute approximate surface area is 136 Å². The van der Waals surface area contributed by atoms with E-state index < -0.39 is 12.0 Å². The van der Waals surface area contributed by atoms with Gasteiger partial charge in [0.2, 0.25) is 0 Å². The molecule has 0 aliphatic carbocycles. The summed E-state index contributed by atoms with van der Waals surface area (Å²) in [5, 5.41) is 12.0. The zero-order valence-electron chi connectivity index (χ0n) is 11.6. The van der Waals surface area contributed by atoms with Gasteiger partial charge in [0.15, 0.2) is 0 Å². The van der Waals surface area contributed by atoms with Crippen molar-refractivity contribution < 1.29 is 14.7 Å². The SMILES string of the molecule is CCC1SCC(C(=O)O)N1C(=O)NCc1ccccc1Br. The van der Waals surface area contributed by atoms with Crippen molar-refractivity contribution in [3.8, 4) is 0 Å². The first kappa shape index (κ1) is 16.2. The van der Waals surface area contributed by atoms with Crippen LogP contribution >= 0.6 is 27.7 Å². The van der Waals surface area contributed by atoms with Crippen molar-refractivity contribution in [1.29, 1.82) is 0 Å². The summed E-state index contributed by atoms with van der Waals surface area (Å²) in [4.78, 5) is 25.0. The molecule has 5 nitrogen and oxygen atoms in total. The lowest BCUT2D eigenvalue weighted by Gasteiger charge is -2.26. The fourth-order valence-electron chi connectivity index (χ4n) is 2.24. The van der Waals surface area contributed by atoms with Crippen molar-refractivity contribution in [3.05, 3.63) is 34.3 Å². The van der Waals surface area contributed by atoms with Crippen molar-refractivity contribution in [2.45, 2.75) is 31.3 Å². The second-order valence-electron chi connectivity index (χ2n) is 4.71. The van der Waals surface area contributed by atoms with E-state index in [0.717, 1.165) is 16.5 Å². The maximum absolute atomic E-state index is 12.3. The molecule has 1 aliphatic heterocycles. The van der Waals surface area contributed by atoms with Gasteiger partial charge in [0.1, 0.15) is 6.04 Å². The summed E-state index contributed by atoms with van der Waals surface area (Å²) >= 11 is 4.94. The largest absolute Gasteiger partial charge is 0.480 e. The highest BCUT2D eigenvalue weighted by Gasteiger charge is 2.40. The third-order valence-electron chi connectivity index (χ3n) is 3.35. The molecule has 2 atom stereocenters. The van der Waals surface area contributed by atoms with Gasteiger partial charge in [-0.25, -0.2) is 9.59 Å². The quantitative estimate of drug-likeness (QED) is 0.852. The minimum atomic E-state index is -0.950. The topological polar surface area (TPSA) is 69.6 Å². The van der Waals surface area contributed by atoms with E-state index in [1.165, 1.54) is 16.7 Å². The van der Waals surface area contributed by atoms with Crippen LogP contribution in [0.25, 0.3) is 0 Å². The molecule has 1 fully saturated rings. The molecule has 7 heteroatoms. The van der Waals surface area contributed by atoms with E-state index in [1.807, 2.05) is 31.2 Å². The predicted molar refractivity (Wildman–Crippen MR) is 86.2 cm³/mol. The molecule has 1 aromatic carbocycles. The minimum Gasteiger partial charge on any atom is -0.480 e. The predicted octanol–water partition coefficient (Wildman–Crippen LogP) is 2.90. The summed E-state index contributed by atoms with van der Waals surface area (Å²) < 4.78 is 0.919.